The summed E-state index contributed by atoms with van der Waals surface area (Å²) in [4.78, 5) is 5.10. The van der Waals surface area contributed by atoms with E-state index in [2.05, 4.69) is 85.2 Å². The lowest BCUT2D eigenvalue weighted by Crippen LogP contribution is -2.27. The average molecular weight is 388 g/mol. The van der Waals surface area contributed by atoms with Crippen LogP contribution in [0.3, 0.4) is 0 Å². The van der Waals surface area contributed by atoms with Gasteiger partial charge in [0.05, 0.1) is 0 Å². The number of fused-ring (bicyclic) bond motifs is 1. The van der Waals surface area contributed by atoms with Gasteiger partial charge in [-0.15, -0.1) is 10.2 Å². The van der Waals surface area contributed by atoms with Gasteiger partial charge in [-0.3, -0.25) is 9.80 Å². The zero-order chi connectivity index (χ0) is 19.5. The van der Waals surface area contributed by atoms with Crippen LogP contribution in [0.5, 0.6) is 0 Å². The van der Waals surface area contributed by atoms with Crippen LogP contribution >= 0.6 is 0 Å². The SMILES string of the molecule is c1ccc(CN2CCc3nnc(C4CCN(Cc5ccccc5)C4)n3CC2)cc1. The quantitative estimate of drug-likeness (QED) is 0.673. The van der Waals surface area contributed by atoms with Gasteiger partial charge in [-0.2, -0.15) is 0 Å². The summed E-state index contributed by atoms with van der Waals surface area (Å²) in [5.41, 5.74) is 2.78. The predicted molar refractivity (Wildman–Crippen MR) is 115 cm³/mol. The van der Waals surface area contributed by atoms with Crippen molar-refractivity contribution in [1.29, 1.82) is 0 Å². The number of hydrogen-bond acceptors (Lipinski definition) is 4. The number of hydrogen-bond donors (Lipinski definition) is 0. The molecule has 0 spiro atoms. The van der Waals surface area contributed by atoms with Crippen LogP contribution in [-0.2, 0) is 26.1 Å². The third-order valence-corrected chi connectivity index (χ3v) is 6.28. The second-order valence-electron chi connectivity index (χ2n) is 8.34. The fourth-order valence-electron chi connectivity index (χ4n) is 4.72. The summed E-state index contributed by atoms with van der Waals surface area (Å²) >= 11 is 0. The van der Waals surface area contributed by atoms with E-state index >= 15 is 0 Å². The van der Waals surface area contributed by atoms with Crippen LogP contribution in [0.15, 0.2) is 60.7 Å². The Morgan fingerprint density at radius 3 is 2.14 bits per heavy atom. The third kappa shape index (κ3) is 4.26. The second kappa shape index (κ2) is 8.47. The van der Waals surface area contributed by atoms with E-state index in [1.54, 1.807) is 0 Å². The molecule has 0 N–H and O–H groups in total. The molecule has 1 aromatic heterocycles. The highest BCUT2D eigenvalue weighted by atomic mass is 15.3. The van der Waals surface area contributed by atoms with Crippen molar-refractivity contribution in [2.45, 2.75) is 38.4 Å². The molecule has 3 heterocycles. The van der Waals surface area contributed by atoms with Crippen molar-refractivity contribution in [2.75, 3.05) is 26.2 Å². The fourth-order valence-corrected chi connectivity index (χ4v) is 4.72. The minimum atomic E-state index is 0.501. The molecule has 0 aliphatic carbocycles. The van der Waals surface area contributed by atoms with Crippen LogP contribution in [0.25, 0.3) is 0 Å². The van der Waals surface area contributed by atoms with Crippen molar-refractivity contribution in [3.63, 3.8) is 0 Å². The van der Waals surface area contributed by atoms with Gasteiger partial charge in [0.15, 0.2) is 0 Å². The smallest absolute Gasteiger partial charge is 0.137 e. The minimum Gasteiger partial charge on any atom is -0.313 e. The van der Waals surface area contributed by atoms with E-state index in [-0.39, 0.29) is 0 Å². The normalized spacial score (nSPS) is 20.5. The first-order valence-electron chi connectivity index (χ1n) is 10.8. The molecule has 1 fully saturated rings. The predicted octanol–water partition coefficient (Wildman–Crippen LogP) is 3.33. The Kier molecular flexibility index (Phi) is 5.41. The molecular weight excluding hydrogens is 358 g/mol. The molecule has 0 radical (unpaired) electrons. The molecule has 1 atom stereocenters. The zero-order valence-corrected chi connectivity index (χ0v) is 17.0. The van der Waals surface area contributed by atoms with E-state index in [9.17, 15) is 0 Å². The average Bonchev–Trinajstić information content (AvgIpc) is 3.33. The molecule has 2 aromatic carbocycles. The third-order valence-electron chi connectivity index (χ3n) is 6.28. The zero-order valence-electron chi connectivity index (χ0n) is 17.0. The van der Waals surface area contributed by atoms with E-state index in [1.165, 1.54) is 23.4 Å². The maximum Gasteiger partial charge on any atom is 0.137 e. The van der Waals surface area contributed by atoms with Gasteiger partial charge in [-0.1, -0.05) is 60.7 Å². The molecule has 5 nitrogen and oxygen atoms in total. The molecule has 5 heteroatoms. The highest BCUT2D eigenvalue weighted by Gasteiger charge is 2.30. The van der Waals surface area contributed by atoms with E-state index in [4.69, 9.17) is 0 Å². The van der Waals surface area contributed by atoms with Crippen LogP contribution in [-0.4, -0.2) is 50.7 Å². The summed E-state index contributed by atoms with van der Waals surface area (Å²) in [5.74, 6) is 2.87. The Balaban J connectivity index is 1.23. The molecule has 2 aliphatic rings. The first-order chi connectivity index (χ1) is 14.3. The van der Waals surface area contributed by atoms with Gasteiger partial charge in [0.2, 0.25) is 0 Å². The Morgan fingerprint density at radius 1 is 0.724 bits per heavy atom. The Bertz CT molecular complexity index is 921. The van der Waals surface area contributed by atoms with Crippen molar-refractivity contribution < 1.29 is 0 Å². The van der Waals surface area contributed by atoms with Crippen molar-refractivity contribution in [3.05, 3.63) is 83.4 Å². The van der Waals surface area contributed by atoms with Crippen LogP contribution in [0.1, 0.15) is 35.1 Å². The summed E-state index contributed by atoms with van der Waals surface area (Å²) in [6, 6.07) is 21.6. The number of likely N-dealkylation sites (tertiary alicyclic amines) is 1. The molecule has 150 valence electrons. The summed E-state index contributed by atoms with van der Waals surface area (Å²) < 4.78 is 2.42. The Hall–Kier alpha value is -2.50. The van der Waals surface area contributed by atoms with E-state index < -0.39 is 0 Å². The summed E-state index contributed by atoms with van der Waals surface area (Å²) in [7, 11) is 0. The van der Waals surface area contributed by atoms with Gasteiger partial charge in [-0.25, -0.2) is 0 Å². The lowest BCUT2D eigenvalue weighted by atomic mass is 10.1. The largest absolute Gasteiger partial charge is 0.313 e. The molecule has 2 aliphatic heterocycles. The van der Waals surface area contributed by atoms with Crippen LogP contribution < -0.4 is 0 Å². The van der Waals surface area contributed by atoms with E-state index in [0.29, 0.717) is 5.92 Å². The lowest BCUT2D eigenvalue weighted by molar-refractivity contribution is 0.269. The maximum atomic E-state index is 4.64. The van der Waals surface area contributed by atoms with Crippen molar-refractivity contribution >= 4 is 0 Å². The Morgan fingerprint density at radius 2 is 1.41 bits per heavy atom. The molecule has 29 heavy (non-hydrogen) atoms. The number of benzene rings is 2. The maximum absolute atomic E-state index is 4.64. The summed E-state index contributed by atoms with van der Waals surface area (Å²) in [5, 5.41) is 9.22. The van der Waals surface area contributed by atoms with Crippen LogP contribution in [0.4, 0.5) is 0 Å². The molecular formula is C24H29N5. The number of rotatable bonds is 5. The summed E-state index contributed by atoms with van der Waals surface area (Å²) in [6.45, 7) is 7.39. The van der Waals surface area contributed by atoms with Crippen LogP contribution in [0, 0.1) is 0 Å². The lowest BCUT2D eigenvalue weighted by Gasteiger charge is -2.20. The van der Waals surface area contributed by atoms with Crippen LogP contribution in [0.2, 0.25) is 0 Å². The van der Waals surface area contributed by atoms with Gasteiger partial charge in [-0.05, 0) is 24.1 Å². The molecule has 0 saturated carbocycles. The van der Waals surface area contributed by atoms with Gasteiger partial charge in [0.1, 0.15) is 11.6 Å². The molecule has 1 unspecified atom stereocenters. The monoisotopic (exact) mass is 387 g/mol. The second-order valence-corrected chi connectivity index (χ2v) is 8.34. The van der Waals surface area contributed by atoms with Gasteiger partial charge >= 0.3 is 0 Å². The molecule has 3 aromatic rings. The highest BCUT2D eigenvalue weighted by Crippen LogP contribution is 2.28. The first kappa shape index (κ1) is 18.5. The highest BCUT2D eigenvalue weighted by molar-refractivity contribution is 5.16. The molecule has 0 amide bonds. The topological polar surface area (TPSA) is 37.2 Å². The molecule has 1 saturated heterocycles. The fraction of sp³-hybridized carbons (Fsp3) is 0.417. The van der Waals surface area contributed by atoms with Crippen molar-refractivity contribution in [2.24, 2.45) is 0 Å². The number of aromatic nitrogens is 3. The molecule has 5 rings (SSSR count). The minimum absolute atomic E-state index is 0.501. The van der Waals surface area contributed by atoms with Gasteiger partial charge in [0.25, 0.3) is 0 Å². The van der Waals surface area contributed by atoms with E-state index in [0.717, 1.165) is 58.1 Å². The van der Waals surface area contributed by atoms with E-state index in [1.807, 2.05) is 0 Å². The van der Waals surface area contributed by atoms with Crippen molar-refractivity contribution in [3.8, 4) is 0 Å². The van der Waals surface area contributed by atoms with Gasteiger partial charge < -0.3 is 4.57 Å². The Labute approximate surface area is 173 Å². The number of nitrogens with zero attached hydrogens (tertiary/aromatic N) is 5. The van der Waals surface area contributed by atoms with Crippen molar-refractivity contribution in [1.82, 2.24) is 24.6 Å². The van der Waals surface area contributed by atoms with Gasteiger partial charge in [0, 0.05) is 51.6 Å². The summed E-state index contributed by atoms with van der Waals surface area (Å²) in [6.07, 6.45) is 2.17. The standard InChI is InChI=1S/C24H29N5/c1-3-7-20(8-4-1)17-27-14-12-23-25-26-24(29(23)16-15-27)22-11-13-28(19-22)18-21-9-5-2-6-10-21/h1-10,22H,11-19H2. The molecule has 0 bridgehead atoms. The first-order valence-corrected chi connectivity index (χ1v) is 10.8.